The topological polar surface area (TPSA) is 61.9 Å². The number of rotatable bonds is 4. The first-order chi connectivity index (χ1) is 12.7. The molecule has 5 nitrogen and oxygen atoms in total. The van der Waals surface area contributed by atoms with Gasteiger partial charge >= 0.3 is 0 Å². The molecule has 0 bridgehead atoms. The third-order valence-electron chi connectivity index (χ3n) is 4.96. The van der Waals surface area contributed by atoms with Gasteiger partial charge in [-0.1, -0.05) is 18.2 Å². The molecule has 0 aliphatic heterocycles. The Kier molecular flexibility index (Phi) is 4.48. The molecule has 1 aliphatic rings. The summed E-state index contributed by atoms with van der Waals surface area (Å²) in [6.07, 6.45) is 4.28. The summed E-state index contributed by atoms with van der Waals surface area (Å²) >= 11 is 1.65. The first-order valence-corrected chi connectivity index (χ1v) is 9.68. The number of hydrogen-bond acceptors (Lipinski definition) is 5. The molecule has 0 amide bonds. The van der Waals surface area contributed by atoms with Gasteiger partial charge in [0, 0.05) is 17.6 Å². The highest BCUT2D eigenvalue weighted by Gasteiger charge is 2.22. The Morgan fingerprint density at radius 3 is 2.81 bits per heavy atom. The highest BCUT2D eigenvalue weighted by atomic mass is 32.1. The largest absolute Gasteiger partial charge is 0.367 e. The predicted molar refractivity (Wildman–Crippen MR) is 105 cm³/mol. The van der Waals surface area contributed by atoms with Crippen molar-refractivity contribution in [1.29, 1.82) is 5.26 Å². The second-order valence-corrected chi connectivity index (χ2v) is 7.74. The van der Waals surface area contributed by atoms with E-state index in [1.54, 1.807) is 15.9 Å². The van der Waals surface area contributed by atoms with Crippen molar-refractivity contribution < 1.29 is 0 Å². The summed E-state index contributed by atoms with van der Waals surface area (Å²) in [5.74, 6) is 0.647. The first kappa shape index (κ1) is 16.8. The van der Waals surface area contributed by atoms with Crippen LogP contribution in [-0.4, -0.2) is 16.6 Å². The van der Waals surface area contributed by atoms with Crippen molar-refractivity contribution in [2.75, 3.05) is 11.9 Å². The van der Waals surface area contributed by atoms with Gasteiger partial charge in [0.05, 0.1) is 18.0 Å². The maximum absolute atomic E-state index is 13.2. The highest BCUT2D eigenvalue weighted by Crippen LogP contribution is 2.33. The van der Waals surface area contributed by atoms with Gasteiger partial charge in [0.25, 0.3) is 5.56 Å². The Balaban J connectivity index is 1.82. The fourth-order valence-electron chi connectivity index (χ4n) is 3.62. The summed E-state index contributed by atoms with van der Waals surface area (Å²) in [5.41, 5.74) is 2.16. The van der Waals surface area contributed by atoms with Crippen LogP contribution in [0.15, 0.2) is 35.1 Å². The van der Waals surface area contributed by atoms with Gasteiger partial charge in [-0.25, -0.2) is 4.98 Å². The van der Waals surface area contributed by atoms with E-state index in [-0.39, 0.29) is 12.1 Å². The number of aryl methyl sites for hydroxylation is 2. The summed E-state index contributed by atoms with van der Waals surface area (Å²) in [6.45, 7) is 0.518. The van der Waals surface area contributed by atoms with Crippen molar-refractivity contribution in [3.63, 3.8) is 0 Å². The fraction of sp³-hybridized carbons (Fsp3) is 0.350. The zero-order valence-corrected chi connectivity index (χ0v) is 15.6. The van der Waals surface area contributed by atoms with E-state index >= 15 is 0 Å². The maximum atomic E-state index is 13.2. The minimum absolute atomic E-state index is 0.0321. The van der Waals surface area contributed by atoms with Crippen LogP contribution in [-0.2, 0) is 25.9 Å². The van der Waals surface area contributed by atoms with E-state index in [4.69, 9.17) is 4.98 Å². The van der Waals surface area contributed by atoms with Gasteiger partial charge in [0.1, 0.15) is 17.2 Å². The van der Waals surface area contributed by atoms with E-state index in [1.165, 1.54) is 16.9 Å². The monoisotopic (exact) mass is 364 g/mol. The first-order valence-electron chi connectivity index (χ1n) is 8.86. The lowest BCUT2D eigenvalue weighted by Gasteiger charge is -2.20. The molecular weight excluding hydrogens is 344 g/mol. The third kappa shape index (κ3) is 2.89. The van der Waals surface area contributed by atoms with Crippen LogP contribution < -0.4 is 10.5 Å². The number of nitriles is 1. The summed E-state index contributed by atoms with van der Waals surface area (Å²) in [5, 5.41) is 9.97. The summed E-state index contributed by atoms with van der Waals surface area (Å²) in [4.78, 5) is 22.1. The molecule has 4 rings (SSSR count). The molecule has 0 atom stereocenters. The maximum Gasteiger partial charge on any atom is 0.263 e. The number of fused-ring (bicyclic) bond motifs is 3. The van der Waals surface area contributed by atoms with Crippen LogP contribution >= 0.6 is 11.3 Å². The summed E-state index contributed by atoms with van der Waals surface area (Å²) < 4.78 is 1.55. The summed E-state index contributed by atoms with van der Waals surface area (Å²) in [6, 6.07) is 12.1. The third-order valence-corrected chi connectivity index (χ3v) is 6.14. The Hall–Kier alpha value is -2.65. The SMILES string of the molecule is CN(Cc1nc2sc3c(c2c(=O)n1CC#N)CCCC3)c1ccccc1. The molecule has 0 fully saturated rings. The van der Waals surface area contributed by atoms with Crippen molar-refractivity contribution in [2.45, 2.75) is 38.8 Å². The van der Waals surface area contributed by atoms with Gasteiger partial charge in [-0.2, -0.15) is 5.26 Å². The van der Waals surface area contributed by atoms with Crippen LogP contribution in [0.25, 0.3) is 10.2 Å². The van der Waals surface area contributed by atoms with E-state index in [0.717, 1.165) is 35.2 Å². The standard InChI is InChI=1S/C20H20N4OS/c1-23(14-7-3-2-4-8-14)13-17-22-19-18(20(25)24(17)12-11-21)15-9-5-6-10-16(15)26-19/h2-4,7-8H,5-6,9-10,12-13H2,1H3. The van der Waals surface area contributed by atoms with Crippen LogP contribution in [0, 0.1) is 11.3 Å². The molecule has 6 heteroatoms. The number of thiophene rings is 1. The Morgan fingerprint density at radius 1 is 1.27 bits per heavy atom. The normalized spacial score (nSPS) is 13.4. The van der Waals surface area contributed by atoms with Crippen molar-refractivity contribution in [3.05, 3.63) is 57.0 Å². The highest BCUT2D eigenvalue weighted by molar-refractivity contribution is 7.18. The molecule has 26 heavy (non-hydrogen) atoms. The Morgan fingerprint density at radius 2 is 2.04 bits per heavy atom. The second-order valence-electron chi connectivity index (χ2n) is 6.66. The van der Waals surface area contributed by atoms with Crippen molar-refractivity contribution >= 4 is 27.2 Å². The van der Waals surface area contributed by atoms with Gasteiger partial charge in [0.15, 0.2) is 0 Å². The van der Waals surface area contributed by atoms with Crippen LogP contribution in [0.5, 0.6) is 0 Å². The van der Waals surface area contributed by atoms with Gasteiger partial charge in [-0.15, -0.1) is 11.3 Å². The molecule has 2 aromatic heterocycles. The Bertz CT molecular complexity index is 1050. The van der Waals surface area contributed by atoms with Crippen LogP contribution in [0.1, 0.15) is 29.1 Å². The predicted octanol–water partition coefficient (Wildman–Crippen LogP) is 3.50. The number of para-hydroxylation sites is 1. The molecule has 132 valence electrons. The minimum Gasteiger partial charge on any atom is -0.367 e. The molecule has 0 saturated heterocycles. The minimum atomic E-state index is -0.0626. The molecule has 0 N–H and O–H groups in total. The molecule has 0 spiro atoms. The van der Waals surface area contributed by atoms with Gasteiger partial charge in [0.2, 0.25) is 0 Å². The zero-order chi connectivity index (χ0) is 18.1. The van der Waals surface area contributed by atoms with E-state index < -0.39 is 0 Å². The van der Waals surface area contributed by atoms with Gasteiger partial charge in [-0.05, 0) is 43.4 Å². The van der Waals surface area contributed by atoms with E-state index in [2.05, 4.69) is 11.0 Å². The van der Waals surface area contributed by atoms with E-state index in [1.807, 2.05) is 37.4 Å². The number of nitrogens with zero attached hydrogens (tertiary/aromatic N) is 4. The molecule has 0 unspecified atom stereocenters. The molecule has 1 aliphatic carbocycles. The number of hydrogen-bond donors (Lipinski definition) is 0. The lowest BCUT2D eigenvalue weighted by molar-refractivity contribution is 0.678. The van der Waals surface area contributed by atoms with Crippen molar-refractivity contribution in [2.24, 2.45) is 0 Å². The average Bonchev–Trinajstić information content (AvgIpc) is 3.04. The smallest absolute Gasteiger partial charge is 0.263 e. The van der Waals surface area contributed by atoms with Crippen LogP contribution in [0.4, 0.5) is 5.69 Å². The molecule has 2 heterocycles. The molecular formula is C20H20N4OS. The lowest BCUT2D eigenvalue weighted by Crippen LogP contribution is -2.29. The van der Waals surface area contributed by atoms with Gasteiger partial charge < -0.3 is 4.90 Å². The Labute approximate surface area is 156 Å². The quantitative estimate of drug-likeness (QED) is 0.711. The summed E-state index contributed by atoms with van der Waals surface area (Å²) in [7, 11) is 1.97. The van der Waals surface area contributed by atoms with Crippen molar-refractivity contribution in [3.8, 4) is 6.07 Å². The number of anilines is 1. The molecule has 1 aromatic carbocycles. The number of benzene rings is 1. The van der Waals surface area contributed by atoms with Crippen molar-refractivity contribution in [1.82, 2.24) is 9.55 Å². The molecule has 0 radical (unpaired) electrons. The lowest BCUT2D eigenvalue weighted by atomic mass is 9.97. The fourth-order valence-corrected chi connectivity index (χ4v) is 4.89. The van der Waals surface area contributed by atoms with Gasteiger partial charge in [-0.3, -0.25) is 9.36 Å². The number of aromatic nitrogens is 2. The molecule has 0 saturated carbocycles. The average molecular weight is 364 g/mol. The van der Waals surface area contributed by atoms with Crippen LogP contribution in [0.2, 0.25) is 0 Å². The van der Waals surface area contributed by atoms with E-state index in [9.17, 15) is 10.1 Å². The van der Waals surface area contributed by atoms with E-state index in [0.29, 0.717) is 12.4 Å². The molecule has 3 aromatic rings. The second kappa shape index (κ2) is 6.93. The zero-order valence-electron chi connectivity index (χ0n) is 14.7. The van der Waals surface area contributed by atoms with Crippen LogP contribution in [0.3, 0.4) is 0 Å².